The number of ether oxygens (including phenoxy) is 2. The molecular weight excluding hydrogens is 364 g/mol. The number of benzene rings is 1. The van der Waals surface area contributed by atoms with Crippen molar-refractivity contribution in [2.45, 2.75) is 46.2 Å². The van der Waals surface area contributed by atoms with Gasteiger partial charge in [-0.05, 0) is 56.3 Å². The van der Waals surface area contributed by atoms with Crippen LogP contribution in [0.1, 0.15) is 44.2 Å². The molecule has 1 aliphatic rings. The molecule has 0 spiro atoms. The fourth-order valence-electron chi connectivity index (χ4n) is 3.46. The van der Waals surface area contributed by atoms with Crippen LogP contribution in [0.4, 0.5) is 0 Å². The number of nitrogens with zero attached hydrogens (tertiary/aromatic N) is 2. The van der Waals surface area contributed by atoms with Crippen LogP contribution in [-0.2, 0) is 22.6 Å². The summed E-state index contributed by atoms with van der Waals surface area (Å²) in [4.78, 5) is 7.39. The maximum atomic E-state index is 5.51. The predicted molar refractivity (Wildman–Crippen MR) is 120 cm³/mol. The standard InChI is InChI=1S/C23H40N4O2/c1-4-24-23(25-12-7-15-29-17-16-28-3)26-18-21-8-5-6-9-22(21)19-27-13-10-20(2)11-14-27/h5-6,8-9,20H,4,7,10-19H2,1-3H3,(H2,24,25,26). The minimum absolute atomic E-state index is 0.646. The lowest BCUT2D eigenvalue weighted by Crippen LogP contribution is -2.38. The van der Waals surface area contributed by atoms with Gasteiger partial charge >= 0.3 is 0 Å². The van der Waals surface area contributed by atoms with E-state index in [0.717, 1.165) is 44.5 Å². The number of hydrogen-bond donors (Lipinski definition) is 2. The monoisotopic (exact) mass is 404 g/mol. The summed E-state index contributed by atoms with van der Waals surface area (Å²) >= 11 is 0. The molecule has 1 aromatic carbocycles. The van der Waals surface area contributed by atoms with Crippen LogP contribution >= 0.6 is 0 Å². The number of hydrogen-bond acceptors (Lipinski definition) is 4. The van der Waals surface area contributed by atoms with E-state index < -0.39 is 0 Å². The first kappa shape index (κ1) is 23.6. The minimum Gasteiger partial charge on any atom is -0.382 e. The van der Waals surface area contributed by atoms with E-state index in [4.69, 9.17) is 14.5 Å². The van der Waals surface area contributed by atoms with Crippen molar-refractivity contribution in [1.82, 2.24) is 15.5 Å². The lowest BCUT2D eigenvalue weighted by molar-refractivity contribution is 0.0698. The van der Waals surface area contributed by atoms with Gasteiger partial charge in [0.2, 0.25) is 0 Å². The van der Waals surface area contributed by atoms with Gasteiger partial charge in [0.15, 0.2) is 5.96 Å². The van der Waals surface area contributed by atoms with Crippen molar-refractivity contribution in [2.24, 2.45) is 10.9 Å². The van der Waals surface area contributed by atoms with Crippen LogP contribution in [0.25, 0.3) is 0 Å². The van der Waals surface area contributed by atoms with E-state index in [1.165, 1.54) is 37.1 Å². The Balaban J connectivity index is 1.83. The van der Waals surface area contributed by atoms with Crippen molar-refractivity contribution < 1.29 is 9.47 Å². The molecule has 2 rings (SSSR count). The van der Waals surface area contributed by atoms with Gasteiger partial charge in [-0.3, -0.25) is 4.90 Å². The summed E-state index contributed by atoms with van der Waals surface area (Å²) in [7, 11) is 1.69. The first-order valence-electron chi connectivity index (χ1n) is 11.1. The number of likely N-dealkylation sites (tertiary alicyclic amines) is 1. The molecule has 0 aliphatic carbocycles. The second kappa shape index (κ2) is 14.4. The van der Waals surface area contributed by atoms with Gasteiger partial charge < -0.3 is 20.1 Å². The van der Waals surface area contributed by atoms with Gasteiger partial charge in [-0.25, -0.2) is 4.99 Å². The maximum Gasteiger partial charge on any atom is 0.191 e. The first-order chi connectivity index (χ1) is 14.2. The molecule has 164 valence electrons. The van der Waals surface area contributed by atoms with Crippen LogP contribution in [-0.4, -0.2) is 64.0 Å². The number of piperidine rings is 1. The van der Waals surface area contributed by atoms with Crippen molar-refractivity contribution in [2.75, 3.05) is 53.1 Å². The Bertz CT molecular complexity index is 586. The molecule has 0 atom stereocenters. The molecular formula is C23H40N4O2. The van der Waals surface area contributed by atoms with E-state index in [1.54, 1.807) is 7.11 Å². The van der Waals surface area contributed by atoms with Crippen LogP contribution < -0.4 is 10.6 Å². The highest BCUT2D eigenvalue weighted by Gasteiger charge is 2.16. The molecule has 6 heteroatoms. The molecule has 1 fully saturated rings. The number of nitrogens with one attached hydrogen (secondary N) is 2. The Morgan fingerprint density at radius 1 is 1.10 bits per heavy atom. The SMILES string of the molecule is CCNC(=NCc1ccccc1CN1CCC(C)CC1)NCCCOCCOC. The third-order valence-electron chi connectivity index (χ3n) is 5.33. The highest BCUT2D eigenvalue weighted by molar-refractivity contribution is 5.79. The number of methoxy groups -OCH3 is 1. The fourth-order valence-corrected chi connectivity index (χ4v) is 3.46. The van der Waals surface area contributed by atoms with Gasteiger partial charge in [0.05, 0.1) is 19.8 Å². The molecule has 0 saturated carbocycles. The van der Waals surface area contributed by atoms with E-state index >= 15 is 0 Å². The second-order valence-corrected chi connectivity index (χ2v) is 7.81. The Morgan fingerprint density at radius 2 is 1.86 bits per heavy atom. The lowest BCUT2D eigenvalue weighted by atomic mass is 9.98. The zero-order chi connectivity index (χ0) is 20.7. The van der Waals surface area contributed by atoms with E-state index in [2.05, 4.69) is 53.6 Å². The fraction of sp³-hybridized carbons (Fsp3) is 0.696. The van der Waals surface area contributed by atoms with Crippen molar-refractivity contribution >= 4 is 5.96 Å². The number of rotatable bonds is 12. The zero-order valence-corrected chi connectivity index (χ0v) is 18.6. The van der Waals surface area contributed by atoms with Crippen LogP contribution in [0.5, 0.6) is 0 Å². The van der Waals surface area contributed by atoms with E-state index in [0.29, 0.717) is 19.8 Å². The summed E-state index contributed by atoms with van der Waals surface area (Å²) in [6, 6.07) is 8.71. The summed E-state index contributed by atoms with van der Waals surface area (Å²) in [5.41, 5.74) is 2.71. The summed E-state index contributed by atoms with van der Waals surface area (Å²) in [5, 5.41) is 6.74. The predicted octanol–water partition coefficient (Wildman–Crippen LogP) is 3.03. The molecule has 0 aromatic heterocycles. The lowest BCUT2D eigenvalue weighted by Gasteiger charge is -2.30. The van der Waals surface area contributed by atoms with Crippen LogP contribution in [0.2, 0.25) is 0 Å². The molecule has 0 bridgehead atoms. The van der Waals surface area contributed by atoms with Crippen molar-refractivity contribution in [3.63, 3.8) is 0 Å². The first-order valence-corrected chi connectivity index (χ1v) is 11.1. The van der Waals surface area contributed by atoms with Gasteiger partial charge in [0.1, 0.15) is 0 Å². The minimum atomic E-state index is 0.646. The third kappa shape index (κ3) is 9.61. The maximum absolute atomic E-state index is 5.51. The quantitative estimate of drug-likeness (QED) is 0.319. The highest BCUT2D eigenvalue weighted by Crippen LogP contribution is 2.20. The summed E-state index contributed by atoms with van der Waals surface area (Å²) in [6.07, 6.45) is 3.56. The summed E-state index contributed by atoms with van der Waals surface area (Å²) < 4.78 is 10.5. The molecule has 1 saturated heterocycles. The second-order valence-electron chi connectivity index (χ2n) is 7.81. The Hall–Kier alpha value is -1.63. The summed E-state index contributed by atoms with van der Waals surface area (Å²) in [5.74, 6) is 1.73. The van der Waals surface area contributed by atoms with Crippen molar-refractivity contribution in [3.8, 4) is 0 Å². The normalized spacial score (nSPS) is 16.2. The van der Waals surface area contributed by atoms with Gasteiger partial charge in [-0.2, -0.15) is 0 Å². The van der Waals surface area contributed by atoms with E-state index in [-0.39, 0.29) is 0 Å². The van der Waals surface area contributed by atoms with Crippen LogP contribution in [0, 0.1) is 5.92 Å². The molecule has 0 unspecified atom stereocenters. The van der Waals surface area contributed by atoms with Gasteiger partial charge in [-0.15, -0.1) is 0 Å². The highest BCUT2D eigenvalue weighted by atomic mass is 16.5. The molecule has 1 aromatic rings. The van der Waals surface area contributed by atoms with Gasteiger partial charge in [0.25, 0.3) is 0 Å². The molecule has 29 heavy (non-hydrogen) atoms. The molecule has 0 amide bonds. The van der Waals surface area contributed by atoms with Crippen molar-refractivity contribution in [1.29, 1.82) is 0 Å². The third-order valence-corrected chi connectivity index (χ3v) is 5.33. The average Bonchev–Trinajstić information content (AvgIpc) is 2.74. The Labute approximate surface area is 177 Å². The number of guanidine groups is 1. The molecule has 0 radical (unpaired) electrons. The number of aliphatic imine (C=N–C) groups is 1. The largest absolute Gasteiger partial charge is 0.382 e. The van der Waals surface area contributed by atoms with Crippen molar-refractivity contribution in [3.05, 3.63) is 35.4 Å². The van der Waals surface area contributed by atoms with Gasteiger partial charge in [0, 0.05) is 33.4 Å². The smallest absolute Gasteiger partial charge is 0.191 e. The molecule has 6 nitrogen and oxygen atoms in total. The van der Waals surface area contributed by atoms with E-state index in [9.17, 15) is 0 Å². The topological polar surface area (TPSA) is 58.1 Å². The van der Waals surface area contributed by atoms with E-state index in [1.807, 2.05) is 0 Å². The van der Waals surface area contributed by atoms with Crippen LogP contribution in [0.3, 0.4) is 0 Å². The Morgan fingerprint density at radius 3 is 2.59 bits per heavy atom. The Kier molecular flexibility index (Phi) is 11.7. The summed E-state index contributed by atoms with van der Waals surface area (Å²) in [6.45, 7) is 12.3. The molecule has 1 aliphatic heterocycles. The van der Waals surface area contributed by atoms with Gasteiger partial charge in [-0.1, -0.05) is 31.2 Å². The zero-order valence-electron chi connectivity index (χ0n) is 18.6. The molecule has 2 N–H and O–H groups in total. The average molecular weight is 405 g/mol. The molecule has 1 heterocycles. The van der Waals surface area contributed by atoms with Crippen LogP contribution in [0.15, 0.2) is 29.3 Å².